The molecule has 0 aliphatic heterocycles. The number of nitrogens with zero attached hydrogens (tertiary/aromatic N) is 2. The number of hydrogen-bond acceptors (Lipinski definition) is 3. The molecule has 1 heterocycles. The molecule has 1 amide bonds. The largest absolute Gasteiger partial charge is 0.346 e. The lowest BCUT2D eigenvalue weighted by Gasteiger charge is -2.17. The molecular formula is C17H18N4O. The summed E-state index contributed by atoms with van der Waals surface area (Å²) in [5.41, 5.74) is 5.51. The fourth-order valence-electron chi connectivity index (χ4n) is 2.57. The fourth-order valence-corrected chi connectivity index (χ4v) is 2.57. The maximum Gasteiger partial charge on any atom is 0.251 e. The van der Waals surface area contributed by atoms with Gasteiger partial charge in [0.1, 0.15) is 11.0 Å². The number of aromatic nitrogens is 3. The monoisotopic (exact) mass is 294 g/mol. The Morgan fingerprint density at radius 1 is 1.09 bits per heavy atom. The molecule has 0 saturated carbocycles. The van der Waals surface area contributed by atoms with E-state index in [2.05, 4.69) is 52.8 Å². The predicted octanol–water partition coefficient (Wildman–Crippen LogP) is 3.07. The Morgan fingerprint density at radius 2 is 1.86 bits per heavy atom. The smallest absolute Gasteiger partial charge is 0.251 e. The Labute approximate surface area is 128 Å². The lowest BCUT2D eigenvalue weighted by Crippen LogP contribution is -2.27. The molecule has 22 heavy (non-hydrogen) atoms. The number of fused-ring (bicyclic) bond motifs is 1. The van der Waals surface area contributed by atoms with E-state index < -0.39 is 0 Å². The van der Waals surface area contributed by atoms with Gasteiger partial charge in [-0.3, -0.25) is 4.79 Å². The van der Waals surface area contributed by atoms with Crippen molar-refractivity contribution in [2.75, 3.05) is 0 Å². The third-order valence-corrected chi connectivity index (χ3v) is 3.83. The molecule has 1 atom stereocenters. The summed E-state index contributed by atoms with van der Waals surface area (Å²) in [4.78, 5) is 12.4. The van der Waals surface area contributed by atoms with Crippen molar-refractivity contribution in [1.82, 2.24) is 20.7 Å². The first-order valence-electron chi connectivity index (χ1n) is 7.23. The fraction of sp³-hybridized carbons (Fsp3) is 0.235. The van der Waals surface area contributed by atoms with Crippen LogP contribution in [0.3, 0.4) is 0 Å². The van der Waals surface area contributed by atoms with Gasteiger partial charge in [-0.05, 0) is 50.1 Å². The van der Waals surface area contributed by atoms with Gasteiger partial charge < -0.3 is 5.32 Å². The van der Waals surface area contributed by atoms with Crippen LogP contribution in [0.1, 0.15) is 40.0 Å². The molecule has 5 heteroatoms. The Kier molecular flexibility index (Phi) is 3.63. The zero-order valence-electron chi connectivity index (χ0n) is 12.8. The minimum Gasteiger partial charge on any atom is -0.346 e. The molecular weight excluding hydrogens is 276 g/mol. The summed E-state index contributed by atoms with van der Waals surface area (Å²) in [6.45, 7) is 6.10. The Bertz CT molecular complexity index is 838. The predicted molar refractivity (Wildman–Crippen MR) is 85.7 cm³/mol. The van der Waals surface area contributed by atoms with E-state index in [0.717, 1.165) is 11.1 Å². The Hall–Kier alpha value is -2.69. The number of aryl methyl sites for hydroxylation is 2. The van der Waals surface area contributed by atoms with Gasteiger partial charge in [0, 0.05) is 5.56 Å². The second kappa shape index (κ2) is 5.60. The van der Waals surface area contributed by atoms with Crippen LogP contribution in [0.25, 0.3) is 11.0 Å². The van der Waals surface area contributed by atoms with E-state index in [9.17, 15) is 4.79 Å². The van der Waals surface area contributed by atoms with Crippen LogP contribution in [0, 0.1) is 13.8 Å². The zero-order chi connectivity index (χ0) is 15.7. The molecule has 0 aliphatic rings. The normalized spacial score (nSPS) is 12.3. The van der Waals surface area contributed by atoms with E-state index in [4.69, 9.17) is 0 Å². The minimum absolute atomic E-state index is 0.0552. The maximum atomic E-state index is 12.4. The van der Waals surface area contributed by atoms with Crippen LogP contribution < -0.4 is 5.32 Å². The highest BCUT2D eigenvalue weighted by atomic mass is 16.1. The van der Waals surface area contributed by atoms with E-state index in [-0.39, 0.29) is 11.9 Å². The van der Waals surface area contributed by atoms with Gasteiger partial charge in [0.25, 0.3) is 5.91 Å². The topological polar surface area (TPSA) is 70.7 Å². The summed E-state index contributed by atoms with van der Waals surface area (Å²) in [5, 5.41) is 13.6. The van der Waals surface area contributed by atoms with Crippen LogP contribution >= 0.6 is 0 Å². The summed E-state index contributed by atoms with van der Waals surface area (Å²) >= 11 is 0. The first kappa shape index (κ1) is 14.3. The summed E-state index contributed by atoms with van der Waals surface area (Å²) in [5.74, 6) is -0.113. The van der Waals surface area contributed by atoms with Gasteiger partial charge in [-0.2, -0.15) is 15.4 Å². The molecule has 2 aromatic carbocycles. The standard InChI is InChI=1S/C17H18N4O/c1-10-4-5-11(2)14(8-10)12(3)18-17(22)13-6-7-15-16(9-13)20-21-19-15/h4-9,12H,1-3H3,(H,18,22)(H,19,20,21)/t12-/m0/s1. The number of hydrogen-bond donors (Lipinski definition) is 2. The van der Waals surface area contributed by atoms with Crippen molar-refractivity contribution >= 4 is 16.9 Å². The molecule has 0 radical (unpaired) electrons. The number of carbonyl (C=O) groups is 1. The Morgan fingerprint density at radius 3 is 2.68 bits per heavy atom. The van der Waals surface area contributed by atoms with Crippen LogP contribution in [0.2, 0.25) is 0 Å². The first-order chi connectivity index (χ1) is 10.5. The quantitative estimate of drug-likeness (QED) is 0.780. The third kappa shape index (κ3) is 2.70. The molecule has 1 aromatic heterocycles. The van der Waals surface area contributed by atoms with Gasteiger partial charge in [-0.15, -0.1) is 0 Å². The molecule has 0 bridgehead atoms. The van der Waals surface area contributed by atoms with Crippen molar-refractivity contribution in [2.24, 2.45) is 0 Å². The first-order valence-corrected chi connectivity index (χ1v) is 7.23. The average molecular weight is 294 g/mol. The Balaban J connectivity index is 1.82. The highest BCUT2D eigenvalue weighted by Crippen LogP contribution is 2.20. The second-order valence-corrected chi connectivity index (χ2v) is 5.58. The summed E-state index contributed by atoms with van der Waals surface area (Å²) in [6, 6.07) is 11.5. The maximum absolute atomic E-state index is 12.4. The molecule has 0 spiro atoms. The number of H-pyrrole nitrogens is 1. The van der Waals surface area contributed by atoms with Gasteiger partial charge >= 0.3 is 0 Å². The molecule has 2 N–H and O–H groups in total. The number of aromatic amines is 1. The number of carbonyl (C=O) groups excluding carboxylic acids is 1. The summed E-state index contributed by atoms with van der Waals surface area (Å²) in [6.07, 6.45) is 0. The second-order valence-electron chi connectivity index (χ2n) is 5.58. The van der Waals surface area contributed by atoms with Crippen molar-refractivity contribution in [3.63, 3.8) is 0 Å². The van der Waals surface area contributed by atoms with Crippen molar-refractivity contribution in [1.29, 1.82) is 0 Å². The number of benzene rings is 2. The number of rotatable bonds is 3. The van der Waals surface area contributed by atoms with Crippen LogP contribution in [-0.2, 0) is 0 Å². The summed E-state index contributed by atoms with van der Waals surface area (Å²) < 4.78 is 0. The van der Waals surface area contributed by atoms with Crippen LogP contribution in [-0.4, -0.2) is 21.3 Å². The van der Waals surface area contributed by atoms with Crippen LogP contribution in [0.4, 0.5) is 0 Å². The van der Waals surface area contributed by atoms with Crippen molar-refractivity contribution in [3.05, 3.63) is 58.7 Å². The van der Waals surface area contributed by atoms with E-state index in [1.54, 1.807) is 18.2 Å². The van der Waals surface area contributed by atoms with Crippen LogP contribution in [0.15, 0.2) is 36.4 Å². The van der Waals surface area contributed by atoms with Crippen molar-refractivity contribution < 1.29 is 4.79 Å². The lowest BCUT2D eigenvalue weighted by atomic mass is 9.99. The van der Waals surface area contributed by atoms with E-state index in [1.165, 1.54) is 11.1 Å². The molecule has 112 valence electrons. The molecule has 0 saturated heterocycles. The summed E-state index contributed by atoms with van der Waals surface area (Å²) in [7, 11) is 0. The lowest BCUT2D eigenvalue weighted by molar-refractivity contribution is 0.0940. The average Bonchev–Trinajstić information content (AvgIpc) is 2.97. The molecule has 5 nitrogen and oxygen atoms in total. The van der Waals surface area contributed by atoms with Gasteiger partial charge in [-0.1, -0.05) is 23.8 Å². The molecule has 0 aliphatic carbocycles. The van der Waals surface area contributed by atoms with E-state index in [1.807, 2.05) is 6.92 Å². The zero-order valence-corrected chi connectivity index (χ0v) is 12.8. The molecule has 0 unspecified atom stereocenters. The number of nitrogens with one attached hydrogen (secondary N) is 2. The van der Waals surface area contributed by atoms with Crippen molar-refractivity contribution in [2.45, 2.75) is 26.8 Å². The van der Waals surface area contributed by atoms with Crippen LogP contribution in [0.5, 0.6) is 0 Å². The number of amides is 1. The van der Waals surface area contributed by atoms with Gasteiger partial charge in [0.05, 0.1) is 6.04 Å². The highest BCUT2D eigenvalue weighted by molar-refractivity contribution is 5.97. The molecule has 3 rings (SSSR count). The van der Waals surface area contributed by atoms with Gasteiger partial charge in [0.2, 0.25) is 0 Å². The van der Waals surface area contributed by atoms with E-state index in [0.29, 0.717) is 11.1 Å². The van der Waals surface area contributed by atoms with Gasteiger partial charge in [-0.25, -0.2) is 0 Å². The molecule has 3 aromatic rings. The molecule has 0 fully saturated rings. The van der Waals surface area contributed by atoms with E-state index >= 15 is 0 Å². The minimum atomic E-state index is -0.113. The van der Waals surface area contributed by atoms with Crippen molar-refractivity contribution in [3.8, 4) is 0 Å². The highest BCUT2D eigenvalue weighted by Gasteiger charge is 2.14. The third-order valence-electron chi connectivity index (χ3n) is 3.83. The SMILES string of the molecule is Cc1ccc(C)c([C@H](C)NC(=O)c2ccc3n[nH]nc3c2)c1. The van der Waals surface area contributed by atoms with Gasteiger partial charge in [0.15, 0.2) is 0 Å².